The number of hydrogen-bond donors (Lipinski definition) is 1. The second kappa shape index (κ2) is 8.40. The fraction of sp³-hybridized carbons (Fsp3) is 0.294. The van der Waals surface area contributed by atoms with Gasteiger partial charge in [0.1, 0.15) is 18.1 Å². The van der Waals surface area contributed by atoms with Crippen LogP contribution >= 0.6 is 11.6 Å². The Hall–Kier alpha value is -2.47. The normalized spacial score (nSPS) is 10.3. The van der Waals surface area contributed by atoms with E-state index in [4.69, 9.17) is 20.8 Å². The lowest BCUT2D eigenvalue weighted by Gasteiger charge is -2.18. The smallest absolute Gasteiger partial charge is 0.255 e. The number of para-hydroxylation sites is 1. The number of carbonyl (C=O) groups excluding carboxylic acids is 2. The molecule has 0 unspecified atom stereocenters. The van der Waals surface area contributed by atoms with E-state index in [9.17, 15) is 9.59 Å². The van der Waals surface area contributed by atoms with Crippen molar-refractivity contribution in [2.75, 3.05) is 26.7 Å². The van der Waals surface area contributed by atoms with Crippen LogP contribution in [0.4, 0.5) is 0 Å². The average molecular weight is 351 g/mol. The Bertz CT molecular complexity index is 714. The zero-order valence-electron chi connectivity index (χ0n) is 13.5. The molecule has 0 spiro atoms. The molecule has 7 heteroatoms. The molecule has 0 saturated heterocycles. The first kappa shape index (κ1) is 17.9. The summed E-state index contributed by atoms with van der Waals surface area (Å²) in [5, 5.41) is 3.09. The molecule has 0 aliphatic carbocycles. The zero-order valence-corrected chi connectivity index (χ0v) is 14.3. The summed E-state index contributed by atoms with van der Waals surface area (Å²) in [5.74, 6) is 0.535. The maximum atomic E-state index is 12.0. The first-order valence-corrected chi connectivity index (χ1v) is 7.80. The minimum Gasteiger partial charge on any atom is -0.490 e. The number of amides is 2. The van der Waals surface area contributed by atoms with Crippen LogP contribution in [0.15, 0.2) is 41.0 Å². The van der Waals surface area contributed by atoms with Crippen LogP contribution in [0.3, 0.4) is 0 Å². The highest BCUT2D eigenvalue weighted by Crippen LogP contribution is 2.22. The van der Waals surface area contributed by atoms with E-state index in [0.29, 0.717) is 35.2 Å². The standard InChI is InChI=1S/C17H19ClN2O4/c1-12-13(7-9-23-12)17(22)19-11-16(21)20(2)8-10-24-15-6-4-3-5-14(15)18/h3-7,9H,8,10-11H2,1-2H3,(H,19,22). The minimum absolute atomic E-state index is 0.0912. The predicted octanol–water partition coefficient (Wildman–Crippen LogP) is 2.51. The Morgan fingerprint density at radius 1 is 1.29 bits per heavy atom. The topological polar surface area (TPSA) is 71.8 Å². The number of likely N-dealkylation sites (N-methyl/N-ethyl adjacent to an activating group) is 1. The van der Waals surface area contributed by atoms with E-state index in [1.165, 1.54) is 11.2 Å². The molecular formula is C17H19ClN2O4. The van der Waals surface area contributed by atoms with Gasteiger partial charge < -0.3 is 19.4 Å². The molecule has 0 atom stereocenters. The SMILES string of the molecule is Cc1occc1C(=O)NCC(=O)N(C)CCOc1ccccc1Cl. The van der Waals surface area contributed by atoms with Crippen molar-refractivity contribution in [3.63, 3.8) is 0 Å². The van der Waals surface area contributed by atoms with Crippen molar-refractivity contribution in [2.45, 2.75) is 6.92 Å². The summed E-state index contributed by atoms with van der Waals surface area (Å²) in [5.41, 5.74) is 0.424. The van der Waals surface area contributed by atoms with Gasteiger partial charge in [-0.1, -0.05) is 23.7 Å². The Kier molecular flexibility index (Phi) is 6.26. The van der Waals surface area contributed by atoms with Crippen LogP contribution < -0.4 is 10.1 Å². The fourth-order valence-electron chi connectivity index (χ4n) is 1.99. The van der Waals surface area contributed by atoms with Gasteiger partial charge in [0, 0.05) is 7.05 Å². The van der Waals surface area contributed by atoms with Gasteiger partial charge in [0.25, 0.3) is 5.91 Å². The lowest BCUT2D eigenvalue weighted by molar-refractivity contribution is -0.129. The van der Waals surface area contributed by atoms with Crippen LogP contribution in [-0.4, -0.2) is 43.5 Å². The third-order valence-corrected chi connectivity index (χ3v) is 3.76. The van der Waals surface area contributed by atoms with E-state index in [0.717, 1.165) is 0 Å². The summed E-state index contributed by atoms with van der Waals surface area (Å²) < 4.78 is 10.6. The van der Waals surface area contributed by atoms with E-state index >= 15 is 0 Å². The maximum Gasteiger partial charge on any atom is 0.255 e. The maximum absolute atomic E-state index is 12.0. The molecule has 1 aromatic carbocycles. The molecule has 2 aromatic rings. The molecule has 128 valence electrons. The molecular weight excluding hydrogens is 332 g/mol. The van der Waals surface area contributed by atoms with Crippen molar-refractivity contribution in [1.82, 2.24) is 10.2 Å². The van der Waals surface area contributed by atoms with Crippen molar-refractivity contribution < 1.29 is 18.7 Å². The van der Waals surface area contributed by atoms with Crippen LogP contribution in [0.25, 0.3) is 0 Å². The summed E-state index contributed by atoms with van der Waals surface area (Å²) in [6, 6.07) is 8.70. The Morgan fingerprint density at radius 2 is 2.04 bits per heavy atom. The molecule has 0 aliphatic rings. The summed E-state index contributed by atoms with van der Waals surface area (Å²) in [7, 11) is 1.65. The third kappa shape index (κ3) is 4.76. The van der Waals surface area contributed by atoms with Crippen molar-refractivity contribution in [1.29, 1.82) is 0 Å². The number of benzene rings is 1. The number of aryl methyl sites for hydroxylation is 1. The van der Waals surface area contributed by atoms with Gasteiger partial charge in [0.2, 0.25) is 5.91 Å². The number of furan rings is 1. The molecule has 0 bridgehead atoms. The van der Waals surface area contributed by atoms with Gasteiger partial charge in [0.05, 0.1) is 29.9 Å². The summed E-state index contributed by atoms with van der Waals surface area (Å²) in [4.78, 5) is 25.4. The number of nitrogens with zero attached hydrogens (tertiary/aromatic N) is 1. The molecule has 2 rings (SSSR count). The Labute approximate surface area is 145 Å². The number of hydrogen-bond acceptors (Lipinski definition) is 4. The number of ether oxygens (including phenoxy) is 1. The van der Waals surface area contributed by atoms with Crippen LogP contribution in [0, 0.1) is 6.92 Å². The first-order valence-electron chi connectivity index (χ1n) is 7.42. The third-order valence-electron chi connectivity index (χ3n) is 3.45. The monoisotopic (exact) mass is 350 g/mol. The second-order valence-corrected chi connectivity index (χ2v) is 5.57. The van der Waals surface area contributed by atoms with Crippen LogP contribution in [0.5, 0.6) is 5.75 Å². The van der Waals surface area contributed by atoms with Gasteiger partial charge in [0.15, 0.2) is 0 Å². The van der Waals surface area contributed by atoms with Gasteiger partial charge >= 0.3 is 0 Å². The van der Waals surface area contributed by atoms with E-state index in [1.807, 2.05) is 12.1 Å². The van der Waals surface area contributed by atoms with E-state index in [2.05, 4.69) is 5.32 Å². The molecule has 1 aromatic heterocycles. The minimum atomic E-state index is -0.338. The molecule has 24 heavy (non-hydrogen) atoms. The Balaban J connectivity index is 1.73. The predicted molar refractivity (Wildman–Crippen MR) is 90.4 cm³/mol. The number of carbonyl (C=O) groups is 2. The highest BCUT2D eigenvalue weighted by molar-refractivity contribution is 6.32. The molecule has 1 N–H and O–H groups in total. The van der Waals surface area contributed by atoms with Gasteiger partial charge in [-0.2, -0.15) is 0 Å². The first-order chi connectivity index (χ1) is 11.5. The quantitative estimate of drug-likeness (QED) is 0.832. The molecule has 6 nitrogen and oxygen atoms in total. The van der Waals surface area contributed by atoms with Crippen molar-refractivity contribution in [3.8, 4) is 5.75 Å². The highest BCUT2D eigenvalue weighted by Gasteiger charge is 2.14. The summed E-state index contributed by atoms with van der Waals surface area (Å²) in [6.45, 7) is 2.28. The fourth-order valence-corrected chi connectivity index (χ4v) is 2.18. The van der Waals surface area contributed by atoms with Crippen molar-refractivity contribution in [3.05, 3.63) is 52.9 Å². The summed E-state index contributed by atoms with van der Waals surface area (Å²) >= 11 is 5.99. The summed E-state index contributed by atoms with van der Waals surface area (Å²) in [6.07, 6.45) is 1.43. The number of nitrogens with one attached hydrogen (secondary N) is 1. The van der Waals surface area contributed by atoms with Gasteiger partial charge in [-0.3, -0.25) is 9.59 Å². The van der Waals surface area contributed by atoms with E-state index in [-0.39, 0.29) is 18.4 Å². The molecule has 0 aliphatic heterocycles. The lowest BCUT2D eigenvalue weighted by atomic mass is 10.2. The Morgan fingerprint density at radius 3 is 2.71 bits per heavy atom. The van der Waals surface area contributed by atoms with E-state index < -0.39 is 0 Å². The molecule has 2 amide bonds. The highest BCUT2D eigenvalue weighted by atomic mass is 35.5. The second-order valence-electron chi connectivity index (χ2n) is 5.17. The van der Waals surface area contributed by atoms with E-state index in [1.54, 1.807) is 32.2 Å². The van der Waals surface area contributed by atoms with Gasteiger partial charge in [-0.05, 0) is 25.1 Å². The van der Waals surface area contributed by atoms with Crippen LogP contribution in [-0.2, 0) is 4.79 Å². The molecule has 0 radical (unpaired) electrons. The molecule has 0 fully saturated rings. The largest absolute Gasteiger partial charge is 0.490 e. The lowest BCUT2D eigenvalue weighted by Crippen LogP contribution is -2.39. The molecule has 0 saturated carbocycles. The van der Waals surface area contributed by atoms with Crippen molar-refractivity contribution in [2.24, 2.45) is 0 Å². The van der Waals surface area contributed by atoms with Crippen LogP contribution in [0.2, 0.25) is 5.02 Å². The zero-order chi connectivity index (χ0) is 17.5. The molecule has 1 heterocycles. The van der Waals surface area contributed by atoms with Gasteiger partial charge in [-0.15, -0.1) is 0 Å². The van der Waals surface area contributed by atoms with Crippen LogP contribution in [0.1, 0.15) is 16.1 Å². The number of halogens is 1. The average Bonchev–Trinajstić information content (AvgIpc) is 3.00. The van der Waals surface area contributed by atoms with Crippen molar-refractivity contribution >= 4 is 23.4 Å². The van der Waals surface area contributed by atoms with Gasteiger partial charge in [-0.25, -0.2) is 0 Å². The number of rotatable bonds is 7.